The van der Waals surface area contributed by atoms with Gasteiger partial charge in [0.05, 0.1) is 6.10 Å². The molecule has 1 fully saturated rings. The molecule has 0 saturated carbocycles. The molecule has 1 aliphatic heterocycles. The molecule has 1 heterocycles. The molecule has 0 aromatic heterocycles. The fraction of sp³-hybridized carbons (Fsp3) is 0.929. The highest BCUT2D eigenvalue weighted by Crippen LogP contribution is 2.10. The second-order valence-corrected chi connectivity index (χ2v) is 5.48. The minimum absolute atomic E-state index is 0.0179. The predicted octanol–water partition coefficient (Wildman–Crippen LogP) is 1.70. The summed E-state index contributed by atoms with van der Waals surface area (Å²) in [6.07, 6.45) is 4.47. The third-order valence-electron chi connectivity index (χ3n) is 3.60. The highest BCUT2D eigenvalue weighted by Gasteiger charge is 2.16. The van der Waals surface area contributed by atoms with Gasteiger partial charge in [-0.2, -0.15) is 0 Å². The van der Waals surface area contributed by atoms with E-state index >= 15 is 0 Å². The summed E-state index contributed by atoms with van der Waals surface area (Å²) in [7, 11) is 0. The number of nitrogens with one attached hydrogen (secondary N) is 2. The molecule has 4 nitrogen and oxygen atoms in total. The molecule has 0 aliphatic carbocycles. The van der Waals surface area contributed by atoms with Crippen molar-refractivity contribution in [1.29, 1.82) is 0 Å². The zero-order valence-electron chi connectivity index (χ0n) is 12.0. The summed E-state index contributed by atoms with van der Waals surface area (Å²) in [5, 5.41) is 6.29. The van der Waals surface area contributed by atoms with Gasteiger partial charge in [-0.25, -0.2) is 0 Å². The van der Waals surface area contributed by atoms with Crippen molar-refractivity contribution in [3.63, 3.8) is 0 Å². The van der Waals surface area contributed by atoms with Crippen molar-refractivity contribution in [2.45, 2.75) is 58.6 Å². The predicted molar refractivity (Wildman–Crippen MR) is 73.5 cm³/mol. The molecule has 2 N–H and O–H groups in total. The Morgan fingerprint density at radius 1 is 1.39 bits per heavy atom. The van der Waals surface area contributed by atoms with Gasteiger partial charge in [-0.1, -0.05) is 20.3 Å². The minimum atomic E-state index is 0.0179. The summed E-state index contributed by atoms with van der Waals surface area (Å²) in [6, 6.07) is 0.240. The Kier molecular flexibility index (Phi) is 7.28. The topological polar surface area (TPSA) is 50.4 Å². The average Bonchev–Trinajstić information content (AvgIpc) is 2.37. The van der Waals surface area contributed by atoms with Gasteiger partial charge in [-0.05, 0) is 45.2 Å². The Labute approximate surface area is 111 Å². The van der Waals surface area contributed by atoms with Gasteiger partial charge in [0.2, 0.25) is 5.91 Å². The van der Waals surface area contributed by atoms with Crippen molar-refractivity contribution in [3.05, 3.63) is 0 Å². The first-order chi connectivity index (χ1) is 8.61. The number of carbonyl (C=O) groups is 1. The lowest BCUT2D eigenvalue weighted by molar-refractivity contribution is -0.128. The largest absolute Gasteiger partial charge is 0.368 e. The van der Waals surface area contributed by atoms with Crippen molar-refractivity contribution < 1.29 is 9.53 Å². The summed E-state index contributed by atoms with van der Waals surface area (Å²) in [6.45, 7) is 8.66. The van der Waals surface area contributed by atoms with Crippen LogP contribution in [-0.4, -0.2) is 37.7 Å². The monoisotopic (exact) mass is 256 g/mol. The lowest BCUT2D eigenvalue weighted by atomic mass is 10.0. The Hall–Kier alpha value is -0.610. The molecular weight excluding hydrogens is 228 g/mol. The fourth-order valence-electron chi connectivity index (χ4n) is 2.30. The Morgan fingerprint density at radius 2 is 2.06 bits per heavy atom. The zero-order chi connectivity index (χ0) is 13.4. The summed E-state index contributed by atoms with van der Waals surface area (Å²) < 4.78 is 5.62. The SMILES string of the molecule is CCC(C)CC(C)NC(=O)COC1CCNCC1. The quantitative estimate of drug-likeness (QED) is 0.729. The van der Waals surface area contributed by atoms with Gasteiger partial charge in [-0.15, -0.1) is 0 Å². The molecule has 1 saturated heterocycles. The molecule has 0 aromatic rings. The molecular formula is C14H28N2O2. The van der Waals surface area contributed by atoms with Crippen LogP contribution in [0.1, 0.15) is 46.5 Å². The standard InChI is InChI=1S/C14H28N2O2/c1-4-11(2)9-12(3)16-14(17)10-18-13-5-7-15-8-6-13/h11-13,15H,4-10H2,1-3H3,(H,16,17). The van der Waals surface area contributed by atoms with Gasteiger partial charge in [-0.3, -0.25) is 4.79 Å². The smallest absolute Gasteiger partial charge is 0.246 e. The normalized spacial score (nSPS) is 20.4. The van der Waals surface area contributed by atoms with Crippen molar-refractivity contribution in [2.75, 3.05) is 19.7 Å². The molecule has 0 spiro atoms. The van der Waals surface area contributed by atoms with E-state index in [4.69, 9.17) is 4.74 Å². The van der Waals surface area contributed by atoms with Gasteiger partial charge >= 0.3 is 0 Å². The van der Waals surface area contributed by atoms with E-state index in [2.05, 4.69) is 31.4 Å². The number of amides is 1. The maximum Gasteiger partial charge on any atom is 0.246 e. The second-order valence-electron chi connectivity index (χ2n) is 5.48. The maximum atomic E-state index is 11.7. The van der Waals surface area contributed by atoms with Crippen molar-refractivity contribution in [3.8, 4) is 0 Å². The average molecular weight is 256 g/mol. The van der Waals surface area contributed by atoms with Crippen LogP contribution in [0.2, 0.25) is 0 Å². The summed E-state index contributed by atoms with van der Waals surface area (Å²) in [5.74, 6) is 0.676. The van der Waals surface area contributed by atoms with Crippen LogP contribution in [0.3, 0.4) is 0 Å². The van der Waals surface area contributed by atoms with E-state index in [1.165, 1.54) is 0 Å². The number of rotatable bonds is 7. The van der Waals surface area contributed by atoms with Crippen LogP contribution in [0.25, 0.3) is 0 Å². The molecule has 1 amide bonds. The summed E-state index contributed by atoms with van der Waals surface area (Å²) in [5.41, 5.74) is 0. The van der Waals surface area contributed by atoms with Crippen LogP contribution >= 0.6 is 0 Å². The van der Waals surface area contributed by atoms with Gasteiger partial charge in [0.1, 0.15) is 6.61 Å². The van der Waals surface area contributed by atoms with Crippen LogP contribution in [0, 0.1) is 5.92 Å². The van der Waals surface area contributed by atoms with Gasteiger partial charge < -0.3 is 15.4 Å². The zero-order valence-corrected chi connectivity index (χ0v) is 12.0. The number of piperidine rings is 1. The molecule has 1 rings (SSSR count). The van der Waals surface area contributed by atoms with E-state index in [-0.39, 0.29) is 24.7 Å². The van der Waals surface area contributed by atoms with E-state index < -0.39 is 0 Å². The van der Waals surface area contributed by atoms with Crippen LogP contribution in [-0.2, 0) is 9.53 Å². The lowest BCUT2D eigenvalue weighted by Crippen LogP contribution is -2.39. The third-order valence-corrected chi connectivity index (χ3v) is 3.60. The highest BCUT2D eigenvalue weighted by atomic mass is 16.5. The molecule has 1 aliphatic rings. The van der Waals surface area contributed by atoms with Gasteiger partial charge in [0.15, 0.2) is 0 Å². The van der Waals surface area contributed by atoms with Gasteiger partial charge in [0.25, 0.3) is 0 Å². The lowest BCUT2D eigenvalue weighted by Gasteiger charge is -2.23. The van der Waals surface area contributed by atoms with Crippen LogP contribution in [0.4, 0.5) is 0 Å². The molecule has 0 radical (unpaired) electrons. The van der Waals surface area contributed by atoms with E-state index in [1.807, 2.05) is 0 Å². The molecule has 0 aromatic carbocycles. The Balaban J connectivity index is 2.12. The maximum absolute atomic E-state index is 11.7. The van der Waals surface area contributed by atoms with E-state index in [9.17, 15) is 4.79 Å². The molecule has 2 unspecified atom stereocenters. The first kappa shape index (κ1) is 15.4. The molecule has 18 heavy (non-hydrogen) atoms. The molecule has 4 heteroatoms. The molecule has 0 bridgehead atoms. The minimum Gasteiger partial charge on any atom is -0.368 e. The third kappa shape index (κ3) is 6.36. The van der Waals surface area contributed by atoms with Gasteiger partial charge in [0, 0.05) is 6.04 Å². The Bertz CT molecular complexity index is 240. The van der Waals surface area contributed by atoms with E-state index in [0.29, 0.717) is 5.92 Å². The van der Waals surface area contributed by atoms with E-state index in [0.717, 1.165) is 38.8 Å². The first-order valence-electron chi connectivity index (χ1n) is 7.23. The second kappa shape index (κ2) is 8.48. The number of hydrogen-bond donors (Lipinski definition) is 2. The van der Waals surface area contributed by atoms with Crippen LogP contribution < -0.4 is 10.6 Å². The van der Waals surface area contributed by atoms with Crippen LogP contribution in [0.5, 0.6) is 0 Å². The van der Waals surface area contributed by atoms with Crippen molar-refractivity contribution in [2.24, 2.45) is 5.92 Å². The Morgan fingerprint density at radius 3 is 2.67 bits per heavy atom. The van der Waals surface area contributed by atoms with Crippen LogP contribution in [0.15, 0.2) is 0 Å². The highest BCUT2D eigenvalue weighted by molar-refractivity contribution is 5.77. The van der Waals surface area contributed by atoms with Crippen molar-refractivity contribution in [1.82, 2.24) is 10.6 Å². The van der Waals surface area contributed by atoms with E-state index in [1.54, 1.807) is 0 Å². The number of hydrogen-bond acceptors (Lipinski definition) is 3. The molecule has 106 valence electrons. The summed E-state index contributed by atoms with van der Waals surface area (Å²) in [4.78, 5) is 11.7. The number of ether oxygens (including phenoxy) is 1. The first-order valence-corrected chi connectivity index (χ1v) is 7.23. The molecule has 2 atom stereocenters. The van der Waals surface area contributed by atoms with Crippen molar-refractivity contribution >= 4 is 5.91 Å². The summed E-state index contributed by atoms with van der Waals surface area (Å²) >= 11 is 0. The fourth-order valence-corrected chi connectivity index (χ4v) is 2.30. The number of carbonyl (C=O) groups excluding carboxylic acids is 1.